The van der Waals surface area contributed by atoms with Crippen LogP contribution < -0.4 is 10.1 Å². The third-order valence-corrected chi connectivity index (χ3v) is 3.62. The highest BCUT2D eigenvalue weighted by atomic mass is 16.5. The van der Waals surface area contributed by atoms with Crippen molar-refractivity contribution in [3.63, 3.8) is 0 Å². The number of methoxy groups -OCH3 is 1. The summed E-state index contributed by atoms with van der Waals surface area (Å²) in [4.78, 5) is 15.7. The average molecular weight is 326 g/mol. The third kappa shape index (κ3) is 3.32. The summed E-state index contributed by atoms with van der Waals surface area (Å²) in [6, 6.07) is 11.2. The number of oxazole rings is 1. The Hall–Kier alpha value is -3.02. The number of amides is 1. The van der Waals surface area contributed by atoms with Crippen LogP contribution in [0, 0.1) is 13.8 Å². The molecule has 1 amide bonds. The molecule has 0 spiro atoms. The Labute approximate surface area is 139 Å². The lowest BCUT2D eigenvalue weighted by Crippen LogP contribution is -2.11. The molecule has 0 aliphatic carbocycles. The summed E-state index contributed by atoms with van der Waals surface area (Å²) in [5, 5.41) is 2.65. The topological polar surface area (TPSA) is 73.6 Å². The molecule has 1 N–H and O–H groups in total. The monoisotopic (exact) mass is 326 g/mol. The van der Waals surface area contributed by atoms with Crippen LogP contribution in [0.15, 0.2) is 40.8 Å². The summed E-state index contributed by atoms with van der Waals surface area (Å²) in [6.45, 7) is 4.09. The summed E-state index contributed by atoms with van der Waals surface area (Å²) in [5.41, 5.74) is 4.09. The van der Waals surface area contributed by atoms with Gasteiger partial charge in [-0.15, -0.1) is 0 Å². The van der Waals surface area contributed by atoms with E-state index in [1.807, 2.05) is 38.1 Å². The van der Waals surface area contributed by atoms with Crippen molar-refractivity contribution in [1.82, 2.24) is 4.98 Å². The molecule has 0 aliphatic rings. The number of nitrogens with one attached hydrogen (secondary N) is 1. The van der Waals surface area contributed by atoms with E-state index in [9.17, 15) is 4.79 Å². The van der Waals surface area contributed by atoms with E-state index in [-0.39, 0.29) is 0 Å². The number of carbonyl (C=O) groups is 1. The highest BCUT2D eigenvalue weighted by molar-refractivity contribution is 5.85. The molecule has 0 bridgehead atoms. The van der Waals surface area contributed by atoms with Crippen molar-refractivity contribution >= 4 is 22.9 Å². The Bertz CT molecular complexity index is 886. The molecule has 124 valence electrons. The van der Waals surface area contributed by atoms with Gasteiger partial charge in [0.25, 0.3) is 0 Å². The Morgan fingerprint density at radius 2 is 2.08 bits per heavy atom. The number of hydrogen-bond acceptors (Lipinski definition) is 5. The van der Waals surface area contributed by atoms with Crippen molar-refractivity contribution in [2.75, 3.05) is 12.4 Å². The Balaban J connectivity index is 1.74. The molecule has 1 heterocycles. The van der Waals surface area contributed by atoms with E-state index in [4.69, 9.17) is 9.15 Å². The molecule has 0 radical (unpaired) electrons. The number of fused-ring (bicyclic) bond motifs is 1. The Kier molecular flexibility index (Phi) is 4.37. The average Bonchev–Trinajstić information content (AvgIpc) is 2.95. The summed E-state index contributed by atoms with van der Waals surface area (Å²) in [6.07, 6.45) is -0.500. The van der Waals surface area contributed by atoms with Crippen molar-refractivity contribution < 1.29 is 18.7 Å². The number of ether oxygens (including phenoxy) is 2. The van der Waals surface area contributed by atoms with Crippen LogP contribution in [-0.4, -0.2) is 18.2 Å². The quantitative estimate of drug-likeness (QED) is 0.777. The van der Waals surface area contributed by atoms with E-state index in [0.717, 1.165) is 22.2 Å². The van der Waals surface area contributed by atoms with Gasteiger partial charge in [0.2, 0.25) is 0 Å². The molecular weight excluding hydrogens is 308 g/mol. The van der Waals surface area contributed by atoms with Crippen molar-refractivity contribution in [3.8, 4) is 5.75 Å². The van der Waals surface area contributed by atoms with Crippen molar-refractivity contribution in [2.45, 2.75) is 20.5 Å². The first-order valence-corrected chi connectivity index (χ1v) is 7.50. The van der Waals surface area contributed by atoms with Crippen molar-refractivity contribution in [2.24, 2.45) is 0 Å². The highest BCUT2D eigenvalue weighted by Gasteiger charge is 2.09. The second-order valence-electron chi connectivity index (χ2n) is 5.38. The van der Waals surface area contributed by atoms with Crippen LogP contribution in [0.25, 0.3) is 11.1 Å². The number of para-hydroxylation sites is 1. The van der Waals surface area contributed by atoms with Crippen LogP contribution in [0.2, 0.25) is 0 Å². The molecule has 3 aromatic rings. The minimum atomic E-state index is -0.500. The fourth-order valence-corrected chi connectivity index (χ4v) is 2.42. The summed E-state index contributed by atoms with van der Waals surface area (Å²) in [7, 11) is 1.33. The van der Waals surface area contributed by atoms with Gasteiger partial charge in [-0.05, 0) is 36.8 Å². The number of aryl methyl sites for hydroxylation is 2. The molecule has 0 saturated carbocycles. The molecule has 1 aromatic heterocycles. The molecular formula is C18H18N2O4. The summed E-state index contributed by atoms with van der Waals surface area (Å²) < 4.78 is 16.0. The van der Waals surface area contributed by atoms with Crippen LogP contribution in [0.4, 0.5) is 10.5 Å². The fourth-order valence-electron chi connectivity index (χ4n) is 2.42. The zero-order chi connectivity index (χ0) is 17.1. The second-order valence-corrected chi connectivity index (χ2v) is 5.38. The summed E-state index contributed by atoms with van der Waals surface area (Å²) in [5.74, 6) is 1.34. The van der Waals surface area contributed by atoms with Crippen LogP contribution in [0.1, 0.15) is 17.0 Å². The lowest BCUT2D eigenvalue weighted by Gasteiger charge is -2.11. The van der Waals surface area contributed by atoms with Gasteiger partial charge >= 0.3 is 6.09 Å². The van der Waals surface area contributed by atoms with E-state index < -0.39 is 6.09 Å². The van der Waals surface area contributed by atoms with Gasteiger partial charge in [-0.2, -0.15) is 0 Å². The van der Waals surface area contributed by atoms with Gasteiger partial charge in [-0.3, -0.25) is 5.32 Å². The van der Waals surface area contributed by atoms with E-state index in [1.54, 1.807) is 12.1 Å². The van der Waals surface area contributed by atoms with Gasteiger partial charge in [0.1, 0.15) is 17.9 Å². The molecule has 0 atom stereocenters. The SMILES string of the molecule is COC(=O)Nc1ccc(OCc2cccc3oc(C)nc23)cc1C. The molecule has 0 fully saturated rings. The third-order valence-electron chi connectivity index (χ3n) is 3.62. The number of anilines is 1. The van der Waals surface area contributed by atoms with Crippen LogP contribution in [-0.2, 0) is 11.3 Å². The van der Waals surface area contributed by atoms with E-state index in [0.29, 0.717) is 23.9 Å². The maximum atomic E-state index is 11.3. The molecule has 0 aliphatic heterocycles. The highest BCUT2D eigenvalue weighted by Crippen LogP contribution is 2.24. The molecule has 6 heteroatoms. The second kappa shape index (κ2) is 6.62. The van der Waals surface area contributed by atoms with Crippen molar-refractivity contribution in [3.05, 3.63) is 53.4 Å². The zero-order valence-electron chi connectivity index (χ0n) is 13.8. The number of nitrogens with zero attached hydrogens (tertiary/aromatic N) is 1. The molecule has 24 heavy (non-hydrogen) atoms. The van der Waals surface area contributed by atoms with Crippen molar-refractivity contribution in [1.29, 1.82) is 0 Å². The minimum absolute atomic E-state index is 0.381. The maximum Gasteiger partial charge on any atom is 0.411 e. The van der Waals surface area contributed by atoms with Gasteiger partial charge in [0, 0.05) is 18.2 Å². The van der Waals surface area contributed by atoms with Crippen LogP contribution >= 0.6 is 0 Å². The summed E-state index contributed by atoms with van der Waals surface area (Å²) >= 11 is 0. The largest absolute Gasteiger partial charge is 0.489 e. The smallest absolute Gasteiger partial charge is 0.411 e. The molecule has 6 nitrogen and oxygen atoms in total. The van der Waals surface area contributed by atoms with E-state index in [2.05, 4.69) is 15.0 Å². The molecule has 0 unspecified atom stereocenters. The van der Waals surface area contributed by atoms with Gasteiger partial charge in [0.05, 0.1) is 7.11 Å². The number of hydrogen-bond donors (Lipinski definition) is 1. The number of benzene rings is 2. The lowest BCUT2D eigenvalue weighted by atomic mass is 10.2. The Morgan fingerprint density at radius 1 is 1.25 bits per heavy atom. The van der Waals surface area contributed by atoms with E-state index >= 15 is 0 Å². The van der Waals surface area contributed by atoms with Gasteiger partial charge < -0.3 is 13.9 Å². The van der Waals surface area contributed by atoms with Crippen LogP contribution in [0.3, 0.4) is 0 Å². The molecule has 3 rings (SSSR count). The normalized spacial score (nSPS) is 10.6. The molecule has 2 aromatic carbocycles. The van der Waals surface area contributed by atoms with Crippen LogP contribution in [0.5, 0.6) is 5.75 Å². The Morgan fingerprint density at radius 3 is 2.83 bits per heavy atom. The standard InChI is InChI=1S/C18H18N2O4/c1-11-9-14(7-8-15(11)20-18(21)22-3)23-10-13-5-4-6-16-17(13)19-12(2)24-16/h4-9H,10H2,1-3H3,(H,20,21). The number of aromatic nitrogens is 1. The van der Waals surface area contributed by atoms with Gasteiger partial charge in [0.15, 0.2) is 11.5 Å². The van der Waals surface area contributed by atoms with E-state index in [1.165, 1.54) is 7.11 Å². The lowest BCUT2D eigenvalue weighted by molar-refractivity contribution is 0.187. The number of rotatable bonds is 4. The maximum absolute atomic E-state index is 11.3. The first kappa shape index (κ1) is 15.9. The molecule has 0 saturated heterocycles. The van der Waals surface area contributed by atoms with Gasteiger partial charge in [-0.1, -0.05) is 12.1 Å². The predicted octanol–water partition coefficient (Wildman–Crippen LogP) is 4.20. The first-order chi connectivity index (χ1) is 11.6. The first-order valence-electron chi connectivity index (χ1n) is 7.50. The fraction of sp³-hybridized carbons (Fsp3) is 0.222. The minimum Gasteiger partial charge on any atom is -0.489 e. The predicted molar refractivity (Wildman–Crippen MR) is 90.3 cm³/mol. The zero-order valence-corrected chi connectivity index (χ0v) is 13.8. The van der Waals surface area contributed by atoms with Gasteiger partial charge in [-0.25, -0.2) is 9.78 Å². The number of carbonyl (C=O) groups excluding carboxylic acids is 1.